The number of hydrogen-bond acceptors (Lipinski definition) is 2. The van der Waals surface area contributed by atoms with Gasteiger partial charge in [-0.15, -0.1) is 13.2 Å². The minimum Gasteiger partial charge on any atom is -0.427 e. The van der Waals surface area contributed by atoms with Gasteiger partial charge >= 0.3 is 12.4 Å². The molecule has 3 rings (SSSR count). The SMILES string of the molecule is O=C1OC(C#Cc2ccccc2)c2cc(Cl)ccc2N1C(F)(F)F. The minimum atomic E-state index is -4.91. The second kappa shape index (κ2) is 6.10. The summed E-state index contributed by atoms with van der Waals surface area (Å²) in [5.74, 6) is 5.46. The van der Waals surface area contributed by atoms with Crippen molar-refractivity contribution in [1.29, 1.82) is 0 Å². The van der Waals surface area contributed by atoms with Gasteiger partial charge in [0.1, 0.15) is 0 Å². The van der Waals surface area contributed by atoms with Gasteiger partial charge in [-0.2, -0.15) is 4.90 Å². The molecule has 0 radical (unpaired) electrons. The average Bonchev–Trinajstić information content (AvgIpc) is 2.52. The van der Waals surface area contributed by atoms with Crippen LogP contribution in [0, 0.1) is 11.8 Å². The second-order valence-electron chi connectivity index (χ2n) is 4.91. The lowest BCUT2D eigenvalue weighted by atomic mass is 10.0. The number of benzene rings is 2. The van der Waals surface area contributed by atoms with Crippen LogP contribution in [0.3, 0.4) is 0 Å². The zero-order chi connectivity index (χ0) is 17.3. The van der Waals surface area contributed by atoms with Crippen molar-refractivity contribution >= 4 is 23.4 Å². The summed E-state index contributed by atoms with van der Waals surface area (Å²) in [6.45, 7) is 0. The van der Waals surface area contributed by atoms with Gasteiger partial charge in [-0.25, -0.2) is 4.79 Å². The van der Waals surface area contributed by atoms with Crippen LogP contribution in [-0.2, 0) is 4.74 Å². The van der Waals surface area contributed by atoms with Gasteiger partial charge in [0, 0.05) is 16.1 Å². The molecule has 3 nitrogen and oxygen atoms in total. The lowest BCUT2D eigenvalue weighted by molar-refractivity contribution is -0.127. The lowest BCUT2D eigenvalue weighted by Crippen LogP contribution is -2.46. The maximum Gasteiger partial charge on any atom is 0.494 e. The van der Waals surface area contributed by atoms with Gasteiger partial charge < -0.3 is 4.74 Å². The Bertz CT molecular complexity index is 840. The van der Waals surface area contributed by atoms with Crippen LogP contribution in [0.2, 0.25) is 5.02 Å². The van der Waals surface area contributed by atoms with E-state index in [1.165, 1.54) is 12.1 Å². The van der Waals surface area contributed by atoms with E-state index >= 15 is 0 Å². The predicted molar refractivity (Wildman–Crippen MR) is 82.5 cm³/mol. The third-order valence-electron chi connectivity index (χ3n) is 3.29. The summed E-state index contributed by atoms with van der Waals surface area (Å²) in [6.07, 6.45) is -7.56. The van der Waals surface area contributed by atoms with Crippen LogP contribution in [0.1, 0.15) is 17.2 Å². The number of ether oxygens (including phenoxy) is 1. The Hall–Kier alpha value is -2.65. The Morgan fingerprint density at radius 1 is 1.12 bits per heavy atom. The van der Waals surface area contributed by atoms with Crippen LogP contribution < -0.4 is 4.90 Å². The van der Waals surface area contributed by atoms with Crippen LogP contribution in [0.15, 0.2) is 48.5 Å². The maximum atomic E-state index is 13.1. The first-order valence-corrected chi connectivity index (χ1v) is 7.17. The number of cyclic esters (lactones) is 1. The normalized spacial score (nSPS) is 16.8. The maximum absolute atomic E-state index is 13.1. The summed E-state index contributed by atoms with van der Waals surface area (Å²) in [6, 6.07) is 12.5. The number of halogens is 4. The van der Waals surface area contributed by atoms with Crippen molar-refractivity contribution in [3.05, 3.63) is 64.7 Å². The van der Waals surface area contributed by atoms with Gasteiger partial charge in [0.2, 0.25) is 0 Å². The largest absolute Gasteiger partial charge is 0.494 e. The van der Waals surface area contributed by atoms with Crippen LogP contribution in [0.5, 0.6) is 0 Å². The first-order valence-electron chi connectivity index (χ1n) is 6.80. The van der Waals surface area contributed by atoms with E-state index in [4.69, 9.17) is 16.3 Å². The van der Waals surface area contributed by atoms with Crippen molar-refractivity contribution in [2.75, 3.05) is 4.90 Å². The van der Waals surface area contributed by atoms with Gasteiger partial charge in [0.05, 0.1) is 5.69 Å². The van der Waals surface area contributed by atoms with Gasteiger partial charge in [-0.3, -0.25) is 0 Å². The number of carbonyl (C=O) groups excluding carboxylic acids is 1. The molecule has 1 amide bonds. The monoisotopic (exact) mass is 351 g/mol. The molecule has 122 valence electrons. The number of amides is 1. The number of hydrogen-bond donors (Lipinski definition) is 0. The third kappa shape index (κ3) is 3.17. The molecule has 0 aliphatic carbocycles. The Kier molecular flexibility index (Phi) is 4.12. The fourth-order valence-electron chi connectivity index (χ4n) is 2.27. The second-order valence-corrected chi connectivity index (χ2v) is 5.34. The number of anilines is 1. The van der Waals surface area contributed by atoms with E-state index in [0.717, 1.165) is 6.07 Å². The van der Waals surface area contributed by atoms with Gasteiger partial charge in [-0.1, -0.05) is 35.7 Å². The fraction of sp³-hybridized carbons (Fsp3) is 0.118. The van der Waals surface area contributed by atoms with E-state index in [2.05, 4.69) is 11.8 Å². The van der Waals surface area contributed by atoms with Crippen LogP contribution >= 0.6 is 11.6 Å². The molecule has 2 aromatic carbocycles. The molecule has 0 bridgehead atoms. The van der Waals surface area contributed by atoms with Crippen molar-refractivity contribution in [1.82, 2.24) is 0 Å². The zero-order valence-electron chi connectivity index (χ0n) is 12.0. The number of carbonyl (C=O) groups is 1. The molecular weight excluding hydrogens is 343 g/mol. The van der Waals surface area contributed by atoms with Crippen molar-refractivity contribution in [3.63, 3.8) is 0 Å². The molecular formula is C17H9ClF3NO2. The van der Waals surface area contributed by atoms with E-state index in [1.54, 1.807) is 24.3 Å². The Morgan fingerprint density at radius 3 is 2.50 bits per heavy atom. The average molecular weight is 352 g/mol. The first-order chi connectivity index (χ1) is 11.4. The van der Waals surface area contributed by atoms with Crippen molar-refractivity contribution in [2.24, 2.45) is 0 Å². The highest BCUT2D eigenvalue weighted by atomic mass is 35.5. The van der Waals surface area contributed by atoms with E-state index < -0.39 is 18.5 Å². The fourth-order valence-corrected chi connectivity index (χ4v) is 2.45. The summed E-state index contributed by atoms with van der Waals surface area (Å²) in [7, 11) is 0. The molecule has 24 heavy (non-hydrogen) atoms. The highest BCUT2D eigenvalue weighted by molar-refractivity contribution is 6.30. The van der Waals surface area contributed by atoms with Gasteiger partial charge in [-0.05, 0) is 36.3 Å². The van der Waals surface area contributed by atoms with E-state index in [9.17, 15) is 18.0 Å². The molecule has 1 aliphatic heterocycles. The quantitative estimate of drug-likeness (QED) is 0.498. The zero-order valence-corrected chi connectivity index (χ0v) is 12.7. The summed E-state index contributed by atoms with van der Waals surface area (Å²) in [5.41, 5.74) is 0.397. The summed E-state index contributed by atoms with van der Waals surface area (Å²) in [5, 5.41) is 0.223. The Balaban J connectivity index is 2.06. The molecule has 0 saturated heterocycles. The molecule has 0 saturated carbocycles. The third-order valence-corrected chi connectivity index (χ3v) is 3.52. The summed E-state index contributed by atoms with van der Waals surface area (Å²) in [4.78, 5) is 11.4. The molecule has 0 N–H and O–H groups in total. The smallest absolute Gasteiger partial charge is 0.427 e. The molecule has 0 fully saturated rings. The minimum absolute atomic E-state index is 0.0860. The molecule has 2 aromatic rings. The predicted octanol–water partition coefficient (Wildman–Crippen LogP) is 4.91. The topological polar surface area (TPSA) is 29.5 Å². The van der Waals surface area contributed by atoms with Crippen LogP contribution in [-0.4, -0.2) is 12.4 Å². The number of rotatable bonds is 0. The number of nitrogens with zero attached hydrogens (tertiary/aromatic N) is 1. The number of alkyl halides is 3. The highest BCUT2D eigenvalue weighted by Crippen LogP contribution is 2.41. The van der Waals surface area contributed by atoms with Crippen LogP contribution in [0.4, 0.5) is 23.7 Å². The van der Waals surface area contributed by atoms with Crippen molar-refractivity contribution < 1.29 is 22.7 Å². The Labute approximate surface area is 140 Å². The molecule has 1 atom stereocenters. The molecule has 0 spiro atoms. The first kappa shape index (κ1) is 16.2. The van der Waals surface area contributed by atoms with Crippen molar-refractivity contribution in [3.8, 4) is 11.8 Å². The summed E-state index contributed by atoms with van der Waals surface area (Å²) >= 11 is 5.87. The highest BCUT2D eigenvalue weighted by Gasteiger charge is 2.48. The Morgan fingerprint density at radius 2 is 1.83 bits per heavy atom. The lowest BCUT2D eigenvalue weighted by Gasteiger charge is -2.32. The van der Waals surface area contributed by atoms with Crippen molar-refractivity contribution in [2.45, 2.75) is 12.4 Å². The van der Waals surface area contributed by atoms with Gasteiger partial charge in [0.15, 0.2) is 6.10 Å². The van der Waals surface area contributed by atoms with E-state index in [0.29, 0.717) is 5.56 Å². The summed E-state index contributed by atoms with van der Waals surface area (Å²) < 4.78 is 44.2. The standard InChI is InChI=1S/C17H9ClF3NO2/c18-12-7-8-14-13(10-12)15(9-6-11-4-2-1-3-5-11)24-16(23)22(14)17(19,20)21/h1-5,7-8,10,15H. The molecule has 0 aromatic heterocycles. The van der Waals surface area contributed by atoms with Crippen LogP contribution in [0.25, 0.3) is 0 Å². The molecule has 1 unspecified atom stereocenters. The van der Waals surface area contributed by atoms with Gasteiger partial charge in [0.25, 0.3) is 0 Å². The molecule has 1 heterocycles. The van der Waals surface area contributed by atoms with E-state index in [-0.39, 0.29) is 21.2 Å². The molecule has 7 heteroatoms. The van der Waals surface area contributed by atoms with E-state index in [1.807, 2.05) is 6.07 Å². The molecule has 1 aliphatic rings. The number of fused-ring (bicyclic) bond motifs is 1.